The molecule has 1 saturated carbocycles. The molecule has 1 aliphatic heterocycles. The molecule has 0 radical (unpaired) electrons. The SMILES string of the molecule is COC(=O)C1COCCC1NC1CC1. The predicted molar refractivity (Wildman–Crippen MR) is 50.9 cm³/mol. The summed E-state index contributed by atoms with van der Waals surface area (Å²) >= 11 is 0. The standard InChI is InChI=1S/C10H17NO3/c1-13-10(12)8-6-14-5-4-9(8)11-7-2-3-7/h7-9,11H,2-6H2,1H3. The molecular formula is C10H17NO3. The van der Waals surface area contributed by atoms with Gasteiger partial charge in [-0.1, -0.05) is 0 Å². The van der Waals surface area contributed by atoms with Crippen LogP contribution in [0.1, 0.15) is 19.3 Å². The van der Waals surface area contributed by atoms with Gasteiger partial charge in [0.2, 0.25) is 0 Å². The highest BCUT2D eigenvalue weighted by molar-refractivity contribution is 5.73. The number of hydrogen-bond donors (Lipinski definition) is 1. The van der Waals surface area contributed by atoms with Crippen LogP contribution in [0, 0.1) is 5.92 Å². The van der Waals surface area contributed by atoms with Gasteiger partial charge in [0, 0.05) is 18.7 Å². The van der Waals surface area contributed by atoms with Crippen molar-refractivity contribution in [1.82, 2.24) is 5.32 Å². The van der Waals surface area contributed by atoms with Crippen LogP contribution in [0.25, 0.3) is 0 Å². The first-order valence-electron chi connectivity index (χ1n) is 5.23. The van der Waals surface area contributed by atoms with E-state index in [-0.39, 0.29) is 17.9 Å². The summed E-state index contributed by atoms with van der Waals surface area (Å²) in [5, 5.41) is 3.48. The Morgan fingerprint density at radius 2 is 2.21 bits per heavy atom. The van der Waals surface area contributed by atoms with Gasteiger partial charge in [-0.2, -0.15) is 0 Å². The summed E-state index contributed by atoms with van der Waals surface area (Å²) in [6.07, 6.45) is 3.40. The van der Waals surface area contributed by atoms with E-state index in [0.717, 1.165) is 13.0 Å². The smallest absolute Gasteiger partial charge is 0.312 e. The van der Waals surface area contributed by atoms with Crippen LogP contribution in [0.15, 0.2) is 0 Å². The van der Waals surface area contributed by atoms with Crippen LogP contribution in [-0.4, -0.2) is 38.4 Å². The molecule has 0 aromatic carbocycles. The van der Waals surface area contributed by atoms with Crippen LogP contribution in [0.3, 0.4) is 0 Å². The second-order valence-corrected chi connectivity index (χ2v) is 4.04. The number of methoxy groups -OCH3 is 1. The van der Waals surface area contributed by atoms with Crippen LogP contribution in [0.4, 0.5) is 0 Å². The van der Waals surface area contributed by atoms with Crippen molar-refractivity contribution in [3.05, 3.63) is 0 Å². The molecule has 2 fully saturated rings. The monoisotopic (exact) mass is 199 g/mol. The number of esters is 1. The zero-order chi connectivity index (χ0) is 9.97. The molecule has 2 unspecified atom stereocenters. The lowest BCUT2D eigenvalue weighted by molar-refractivity contribution is -0.151. The van der Waals surface area contributed by atoms with Crippen molar-refractivity contribution in [2.75, 3.05) is 20.3 Å². The molecule has 0 amide bonds. The van der Waals surface area contributed by atoms with E-state index in [4.69, 9.17) is 9.47 Å². The average Bonchev–Trinajstić information content (AvgIpc) is 3.01. The normalized spacial score (nSPS) is 32.6. The zero-order valence-corrected chi connectivity index (χ0v) is 8.49. The minimum absolute atomic E-state index is 0.116. The Morgan fingerprint density at radius 3 is 2.86 bits per heavy atom. The Hall–Kier alpha value is -0.610. The lowest BCUT2D eigenvalue weighted by atomic mass is 9.96. The van der Waals surface area contributed by atoms with E-state index >= 15 is 0 Å². The van der Waals surface area contributed by atoms with Gasteiger partial charge in [-0.05, 0) is 19.3 Å². The summed E-state index contributed by atoms with van der Waals surface area (Å²) in [7, 11) is 1.44. The molecule has 4 heteroatoms. The molecule has 0 aromatic heterocycles. The minimum atomic E-state index is -0.150. The lowest BCUT2D eigenvalue weighted by Gasteiger charge is -2.30. The summed E-state index contributed by atoms with van der Waals surface area (Å²) in [6.45, 7) is 1.24. The van der Waals surface area contributed by atoms with E-state index in [1.165, 1.54) is 20.0 Å². The third-order valence-corrected chi connectivity index (χ3v) is 2.89. The van der Waals surface area contributed by atoms with Gasteiger partial charge in [-0.3, -0.25) is 4.79 Å². The van der Waals surface area contributed by atoms with Gasteiger partial charge in [-0.15, -0.1) is 0 Å². The first-order chi connectivity index (χ1) is 6.81. The third-order valence-electron chi connectivity index (χ3n) is 2.89. The largest absolute Gasteiger partial charge is 0.469 e. The van der Waals surface area contributed by atoms with Crippen LogP contribution < -0.4 is 5.32 Å². The number of nitrogens with one attached hydrogen (secondary N) is 1. The number of ether oxygens (including phenoxy) is 2. The molecule has 1 saturated heterocycles. The Bertz CT molecular complexity index is 215. The van der Waals surface area contributed by atoms with Crippen LogP contribution >= 0.6 is 0 Å². The van der Waals surface area contributed by atoms with Gasteiger partial charge >= 0.3 is 5.97 Å². The predicted octanol–water partition coefficient (Wildman–Crippen LogP) is 0.316. The van der Waals surface area contributed by atoms with E-state index in [9.17, 15) is 4.79 Å². The maximum Gasteiger partial charge on any atom is 0.312 e. The summed E-state index contributed by atoms with van der Waals surface area (Å²) in [4.78, 5) is 11.4. The topological polar surface area (TPSA) is 47.6 Å². The van der Waals surface area contributed by atoms with Crippen LogP contribution in [0.5, 0.6) is 0 Å². The molecule has 4 nitrogen and oxygen atoms in total. The third kappa shape index (κ3) is 2.25. The molecule has 80 valence electrons. The Morgan fingerprint density at radius 1 is 1.43 bits per heavy atom. The Kier molecular flexibility index (Phi) is 3.03. The van der Waals surface area contributed by atoms with Crippen molar-refractivity contribution in [1.29, 1.82) is 0 Å². The summed E-state index contributed by atoms with van der Waals surface area (Å²) in [5.74, 6) is -0.266. The fourth-order valence-corrected chi connectivity index (χ4v) is 1.87. The highest BCUT2D eigenvalue weighted by Gasteiger charge is 2.35. The van der Waals surface area contributed by atoms with E-state index in [1.807, 2.05) is 0 Å². The van der Waals surface area contributed by atoms with E-state index in [1.54, 1.807) is 0 Å². The number of carbonyl (C=O) groups excluding carboxylic acids is 1. The molecule has 0 bridgehead atoms. The lowest BCUT2D eigenvalue weighted by Crippen LogP contribution is -2.47. The van der Waals surface area contributed by atoms with Crippen molar-refractivity contribution >= 4 is 5.97 Å². The van der Waals surface area contributed by atoms with Crippen LogP contribution in [0.2, 0.25) is 0 Å². The summed E-state index contributed by atoms with van der Waals surface area (Å²) < 4.78 is 10.1. The molecule has 2 rings (SSSR count). The molecule has 2 atom stereocenters. The highest BCUT2D eigenvalue weighted by Crippen LogP contribution is 2.24. The van der Waals surface area contributed by atoms with Gasteiger partial charge in [0.25, 0.3) is 0 Å². The quantitative estimate of drug-likeness (QED) is 0.665. The van der Waals surface area contributed by atoms with Crippen molar-refractivity contribution in [2.24, 2.45) is 5.92 Å². The Labute approximate surface area is 84.0 Å². The fraction of sp³-hybridized carbons (Fsp3) is 0.900. The highest BCUT2D eigenvalue weighted by atomic mass is 16.5. The first kappa shape index (κ1) is 9.93. The fourth-order valence-electron chi connectivity index (χ4n) is 1.87. The summed E-state index contributed by atoms with van der Waals surface area (Å²) in [6, 6.07) is 0.883. The maximum absolute atomic E-state index is 11.4. The van der Waals surface area contributed by atoms with Crippen molar-refractivity contribution < 1.29 is 14.3 Å². The number of hydrogen-bond acceptors (Lipinski definition) is 4. The first-order valence-corrected chi connectivity index (χ1v) is 5.23. The molecule has 14 heavy (non-hydrogen) atoms. The van der Waals surface area contributed by atoms with Crippen molar-refractivity contribution in [3.8, 4) is 0 Å². The molecule has 2 aliphatic rings. The average molecular weight is 199 g/mol. The maximum atomic E-state index is 11.4. The van der Waals surface area contributed by atoms with Gasteiger partial charge < -0.3 is 14.8 Å². The van der Waals surface area contributed by atoms with Crippen molar-refractivity contribution in [2.45, 2.75) is 31.3 Å². The van der Waals surface area contributed by atoms with Gasteiger partial charge in [0.1, 0.15) is 0 Å². The molecular weight excluding hydrogens is 182 g/mol. The molecule has 1 aliphatic carbocycles. The van der Waals surface area contributed by atoms with Gasteiger partial charge in [-0.25, -0.2) is 0 Å². The van der Waals surface area contributed by atoms with Gasteiger partial charge in [0.05, 0.1) is 19.6 Å². The zero-order valence-electron chi connectivity index (χ0n) is 8.49. The van der Waals surface area contributed by atoms with Gasteiger partial charge in [0.15, 0.2) is 0 Å². The van der Waals surface area contributed by atoms with Crippen molar-refractivity contribution in [3.63, 3.8) is 0 Å². The molecule has 0 aromatic rings. The van der Waals surface area contributed by atoms with E-state index in [2.05, 4.69) is 5.32 Å². The second-order valence-electron chi connectivity index (χ2n) is 4.04. The molecule has 1 N–H and O–H groups in total. The van der Waals surface area contributed by atoms with Crippen LogP contribution in [-0.2, 0) is 14.3 Å². The summed E-state index contributed by atoms with van der Waals surface area (Å²) in [5.41, 5.74) is 0. The number of rotatable bonds is 3. The number of carbonyl (C=O) groups is 1. The molecule has 1 heterocycles. The minimum Gasteiger partial charge on any atom is -0.469 e. The Balaban J connectivity index is 1.91. The van der Waals surface area contributed by atoms with E-state index < -0.39 is 0 Å². The molecule has 0 spiro atoms. The van der Waals surface area contributed by atoms with E-state index in [0.29, 0.717) is 12.6 Å². The second kappa shape index (κ2) is 4.28.